The summed E-state index contributed by atoms with van der Waals surface area (Å²) in [4.78, 5) is 0. The average Bonchev–Trinajstić information content (AvgIpc) is 0.918. The first-order chi connectivity index (χ1) is 1.41. The molecule has 0 saturated carbocycles. The predicted octanol–water partition coefficient (Wildman–Crippen LogP) is 0.0393. The molecule has 0 aliphatic carbocycles. The molecule has 5 heavy (non-hydrogen) atoms. The van der Waals surface area contributed by atoms with Crippen LogP contribution in [-0.2, 0) is 10.9 Å². The van der Waals surface area contributed by atoms with Gasteiger partial charge in [-0.15, -0.1) is 0 Å². The number of rotatable bonds is 0. The van der Waals surface area contributed by atoms with Crippen molar-refractivity contribution in [2.24, 2.45) is 0 Å². The SMILES string of the molecule is O.O.[Br][Ni][Br]. The minimum absolute atomic E-state index is 0. The molecule has 0 bridgehead atoms. The van der Waals surface area contributed by atoms with E-state index in [1.54, 1.807) is 0 Å². The van der Waals surface area contributed by atoms with E-state index in [4.69, 9.17) is 0 Å². The Morgan fingerprint density at radius 2 is 1.00 bits per heavy atom. The second kappa shape index (κ2) is 18.2. The molecular weight excluding hydrogens is 250 g/mol. The molecule has 40 valence electrons. The van der Waals surface area contributed by atoms with Gasteiger partial charge in [0.05, 0.1) is 0 Å². The van der Waals surface area contributed by atoms with E-state index in [0.717, 1.165) is 0 Å². The molecule has 0 fully saturated rings. The molecule has 0 atom stereocenters. The van der Waals surface area contributed by atoms with Crippen molar-refractivity contribution >= 4 is 28.5 Å². The van der Waals surface area contributed by atoms with Crippen LogP contribution in [0.5, 0.6) is 0 Å². The third-order valence-corrected chi connectivity index (χ3v) is 0. The van der Waals surface area contributed by atoms with E-state index in [1.165, 1.54) is 10.9 Å². The normalized spacial score (nSPS) is 4.40. The Morgan fingerprint density at radius 1 is 1.00 bits per heavy atom. The molecule has 5 heteroatoms. The van der Waals surface area contributed by atoms with E-state index in [-0.39, 0.29) is 11.0 Å². The van der Waals surface area contributed by atoms with Crippen molar-refractivity contribution in [2.75, 3.05) is 0 Å². The van der Waals surface area contributed by atoms with Crippen molar-refractivity contribution in [2.45, 2.75) is 0 Å². The van der Waals surface area contributed by atoms with Crippen LogP contribution >= 0.6 is 28.5 Å². The van der Waals surface area contributed by atoms with Crippen LogP contribution in [0, 0.1) is 0 Å². The number of hydrogen-bond donors (Lipinski definition) is 0. The van der Waals surface area contributed by atoms with E-state index in [0.29, 0.717) is 0 Å². The van der Waals surface area contributed by atoms with Crippen molar-refractivity contribution in [3.63, 3.8) is 0 Å². The molecule has 0 aromatic rings. The van der Waals surface area contributed by atoms with Crippen molar-refractivity contribution in [1.82, 2.24) is 0 Å². The molecule has 0 spiro atoms. The fraction of sp³-hybridized carbons (Fsp3) is 0. The van der Waals surface area contributed by atoms with Crippen molar-refractivity contribution in [3.8, 4) is 0 Å². The first kappa shape index (κ1) is 16.2. The van der Waals surface area contributed by atoms with E-state index >= 15 is 0 Å². The van der Waals surface area contributed by atoms with E-state index in [1.807, 2.05) is 0 Å². The molecule has 2 nitrogen and oxygen atoms in total. The zero-order valence-corrected chi connectivity index (χ0v) is 6.23. The first-order valence-corrected chi connectivity index (χ1v) is 5.12. The Bertz CT molecular complexity index is 7.61. The van der Waals surface area contributed by atoms with Crippen molar-refractivity contribution in [1.29, 1.82) is 0 Å². The van der Waals surface area contributed by atoms with Crippen LogP contribution in [0.15, 0.2) is 0 Å². The molecule has 0 unspecified atom stereocenters. The van der Waals surface area contributed by atoms with Crippen LogP contribution in [0.1, 0.15) is 0 Å². The predicted molar refractivity (Wildman–Crippen MR) is 25.1 cm³/mol. The average molecular weight is 255 g/mol. The molecule has 0 aromatic heterocycles. The monoisotopic (exact) mass is 252 g/mol. The topological polar surface area (TPSA) is 63.0 Å². The molecule has 0 radical (unpaired) electrons. The maximum atomic E-state index is 3.00. The first-order valence-electron chi connectivity index (χ1n) is 0.239. The Labute approximate surface area is 50.3 Å². The van der Waals surface area contributed by atoms with Gasteiger partial charge in [0.25, 0.3) is 0 Å². The van der Waals surface area contributed by atoms with Gasteiger partial charge in [-0.05, 0) is 0 Å². The Morgan fingerprint density at radius 3 is 1.00 bits per heavy atom. The second-order valence-electron chi connectivity index (χ2n) is 0.0452. The summed E-state index contributed by atoms with van der Waals surface area (Å²) in [6.07, 6.45) is 0. The van der Waals surface area contributed by atoms with Gasteiger partial charge in [-0.3, -0.25) is 0 Å². The molecule has 0 aromatic carbocycles. The quantitative estimate of drug-likeness (QED) is 0.548. The summed E-state index contributed by atoms with van der Waals surface area (Å²) in [6.45, 7) is 0. The van der Waals surface area contributed by atoms with E-state index < -0.39 is 0 Å². The van der Waals surface area contributed by atoms with Gasteiger partial charge in [0, 0.05) is 0 Å². The summed E-state index contributed by atoms with van der Waals surface area (Å²) < 4.78 is 0. The van der Waals surface area contributed by atoms with Gasteiger partial charge in [0.1, 0.15) is 0 Å². The zero-order valence-electron chi connectivity index (χ0n) is 2.07. The van der Waals surface area contributed by atoms with Crippen LogP contribution < -0.4 is 0 Å². The Hall–Kier alpha value is 1.37. The third-order valence-electron chi connectivity index (χ3n) is 0. The zero-order chi connectivity index (χ0) is 2.71. The standard InChI is InChI=1S/2BrH.Ni.2H2O/h2*1H;;2*1H2/q;;+2;;/p-2. The fourth-order valence-electron chi connectivity index (χ4n) is 0. The molecule has 0 rings (SSSR count). The van der Waals surface area contributed by atoms with Crippen LogP contribution in [0.3, 0.4) is 0 Å². The van der Waals surface area contributed by atoms with Crippen LogP contribution in [0.2, 0.25) is 0 Å². The molecule has 0 aliphatic rings. The fourth-order valence-corrected chi connectivity index (χ4v) is 0. The Kier molecular flexibility index (Phi) is 59.0. The summed E-state index contributed by atoms with van der Waals surface area (Å²) in [5, 5.41) is 0. The van der Waals surface area contributed by atoms with E-state index in [9.17, 15) is 0 Å². The van der Waals surface area contributed by atoms with Gasteiger partial charge in [-0.2, -0.15) is 0 Å². The summed E-state index contributed by atoms with van der Waals surface area (Å²) >= 11 is 6.00. The Balaban J connectivity index is -0.0000000200. The van der Waals surface area contributed by atoms with Crippen molar-refractivity contribution in [3.05, 3.63) is 0 Å². The molecule has 4 N–H and O–H groups in total. The molecule has 0 saturated heterocycles. The van der Waals surface area contributed by atoms with Gasteiger partial charge < -0.3 is 11.0 Å². The minimum atomic E-state index is 0. The summed E-state index contributed by atoms with van der Waals surface area (Å²) in [5.41, 5.74) is 0. The van der Waals surface area contributed by atoms with E-state index in [2.05, 4.69) is 28.5 Å². The molecule has 0 amide bonds. The van der Waals surface area contributed by atoms with Gasteiger partial charge in [0.2, 0.25) is 0 Å². The van der Waals surface area contributed by atoms with Gasteiger partial charge in [-0.1, -0.05) is 0 Å². The second-order valence-corrected chi connectivity index (χ2v) is 5.03. The molecular formula is H4Br2NiO2. The van der Waals surface area contributed by atoms with Gasteiger partial charge in [-0.25, -0.2) is 0 Å². The number of halogens is 2. The van der Waals surface area contributed by atoms with Crippen LogP contribution in [0.25, 0.3) is 0 Å². The maximum absolute atomic E-state index is 3.00. The van der Waals surface area contributed by atoms with Crippen LogP contribution in [-0.4, -0.2) is 11.0 Å². The van der Waals surface area contributed by atoms with Crippen molar-refractivity contribution < 1.29 is 21.9 Å². The molecule has 0 aliphatic heterocycles. The van der Waals surface area contributed by atoms with Gasteiger partial charge >= 0.3 is 39.3 Å². The summed E-state index contributed by atoms with van der Waals surface area (Å²) in [7, 11) is 1.25. The summed E-state index contributed by atoms with van der Waals surface area (Å²) in [5.74, 6) is 0. The number of hydrogen-bond acceptors (Lipinski definition) is 0. The van der Waals surface area contributed by atoms with Gasteiger partial charge in [0.15, 0.2) is 0 Å². The molecule has 0 heterocycles. The summed E-state index contributed by atoms with van der Waals surface area (Å²) in [6, 6.07) is 0. The van der Waals surface area contributed by atoms with Crippen LogP contribution in [0.4, 0.5) is 0 Å². The third kappa shape index (κ3) is 32.4.